The molecule has 1 aromatic carbocycles. The van der Waals surface area contributed by atoms with Crippen molar-refractivity contribution in [2.75, 3.05) is 12.8 Å². The first-order valence-corrected chi connectivity index (χ1v) is 6.26. The number of anilines is 1. The van der Waals surface area contributed by atoms with Crippen molar-refractivity contribution in [2.45, 2.75) is 24.5 Å². The molecule has 0 radical (unpaired) electrons. The summed E-state index contributed by atoms with van der Waals surface area (Å²) in [5.74, 6) is 0. The minimum absolute atomic E-state index is 0.113. The van der Waals surface area contributed by atoms with Crippen molar-refractivity contribution < 1.29 is 4.21 Å². The van der Waals surface area contributed by atoms with Crippen LogP contribution in [0.2, 0.25) is 0 Å². The number of rotatable bonds is 4. The molecular weight excluding hydrogens is 208 g/mol. The number of para-hydroxylation sites is 1. The van der Waals surface area contributed by atoms with Crippen molar-refractivity contribution in [1.29, 1.82) is 0 Å². The Kier molecular flexibility index (Phi) is 4.29. The molecule has 0 bridgehead atoms. The van der Waals surface area contributed by atoms with E-state index in [4.69, 9.17) is 5.73 Å². The van der Waals surface area contributed by atoms with Crippen molar-refractivity contribution in [1.82, 2.24) is 5.32 Å². The maximum absolute atomic E-state index is 12.0. The topological polar surface area (TPSA) is 55.1 Å². The van der Waals surface area contributed by atoms with Crippen LogP contribution in [-0.4, -0.2) is 16.5 Å². The number of nitrogens with one attached hydrogen (secondary N) is 1. The standard InChI is InChI=1S/C11H18N2OS/c1-8(2)15(14)11(13-3)9-6-4-5-7-10(9)12/h4-8,11,13H,12H2,1-3H3. The van der Waals surface area contributed by atoms with Gasteiger partial charge in [-0.3, -0.25) is 4.21 Å². The molecule has 2 atom stereocenters. The Morgan fingerprint density at radius 2 is 1.93 bits per heavy atom. The second-order valence-electron chi connectivity index (χ2n) is 3.67. The first-order chi connectivity index (χ1) is 7.07. The molecule has 0 heterocycles. The van der Waals surface area contributed by atoms with Crippen molar-refractivity contribution in [2.24, 2.45) is 0 Å². The van der Waals surface area contributed by atoms with Crippen LogP contribution in [0.5, 0.6) is 0 Å². The third kappa shape index (κ3) is 2.79. The quantitative estimate of drug-likeness (QED) is 0.767. The molecule has 0 saturated carbocycles. The van der Waals surface area contributed by atoms with Gasteiger partial charge in [-0.05, 0) is 13.1 Å². The van der Waals surface area contributed by atoms with E-state index in [9.17, 15) is 4.21 Å². The monoisotopic (exact) mass is 226 g/mol. The van der Waals surface area contributed by atoms with E-state index in [1.54, 1.807) is 7.05 Å². The maximum atomic E-state index is 12.0. The normalized spacial score (nSPS) is 15.2. The highest BCUT2D eigenvalue weighted by atomic mass is 32.2. The van der Waals surface area contributed by atoms with Gasteiger partial charge in [0.1, 0.15) is 5.37 Å². The van der Waals surface area contributed by atoms with Gasteiger partial charge in [0.15, 0.2) is 0 Å². The summed E-state index contributed by atoms with van der Waals surface area (Å²) in [6, 6.07) is 7.53. The van der Waals surface area contributed by atoms with Gasteiger partial charge in [0.25, 0.3) is 0 Å². The number of nitrogen functional groups attached to an aromatic ring is 1. The number of hydrogen-bond acceptors (Lipinski definition) is 3. The predicted octanol–water partition coefficient (Wildman–Crippen LogP) is 1.64. The first kappa shape index (κ1) is 12.2. The molecule has 15 heavy (non-hydrogen) atoms. The Labute approximate surface area is 93.5 Å². The molecule has 0 fully saturated rings. The molecule has 3 N–H and O–H groups in total. The summed E-state index contributed by atoms with van der Waals surface area (Å²) in [7, 11) is 0.841. The highest BCUT2D eigenvalue weighted by molar-refractivity contribution is 7.85. The van der Waals surface area contributed by atoms with E-state index in [0.717, 1.165) is 5.56 Å². The summed E-state index contributed by atoms with van der Waals surface area (Å²) in [6.45, 7) is 3.89. The van der Waals surface area contributed by atoms with Crippen molar-refractivity contribution in [3.05, 3.63) is 29.8 Å². The molecular formula is C11H18N2OS. The number of hydrogen-bond donors (Lipinski definition) is 2. The fourth-order valence-corrected chi connectivity index (χ4v) is 2.66. The van der Waals surface area contributed by atoms with Gasteiger partial charge in [-0.1, -0.05) is 32.0 Å². The van der Waals surface area contributed by atoms with E-state index in [1.165, 1.54) is 0 Å². The van der Waals surface area contributed by atoms with Crippen molar-refractivity contribution in [3.8, 4) is 0 Å². The average molecular weight is 226 g/mol. The van der Waals surface area contributed by atoms with Gasteiger partial charge in [-0.15, -0.1) is 0 Å². The van der Waals surface area contributed by atoms with E-state index < -0.39 is 10.8 Å². The Bertz CT molecular complexity index is 352. The van der Waals surface area contributed by atoms with Crippen LogP contribution in [0, 0.1) is 0 Å². The molecule has 1 aromatic rings. The zero-order chi connectivity index (χ0) is 11.4. The number of benzene rings is 1. The van der Waals surface area contributed by atoms with Crippen LogP contribution in [0.25, 0.3) is 0 Å². The Balaban J connectivity index is 3.03. The molecule has 0 spiro atoms. The molecule has 0 aliphatic heterocycles. The molecule has 1 rings (SSSR count). The lowest BCUT2D eigenvalue weighted by molar-refractivity contribution is 0.650. The molecule has 2 unspecified atom stereocenters. The maximum Gasteiger partial charge on any atom is 0.111 e. The lowest BCUT2D eigenvalue weighted by atomic mass is 10.2. The summed E-state index contributed by atoms with van der Waals surface area (Å²) >= 11 is 0. The summed E-state index contributed by atoms with van der Waals surface area (Å²) in [6.07, 6.45) is 0. The van der Waals surface area contributed by atoms with Gasteiger partial charge in [-0.25, -0.2) is 0 Å². The van der Waals surface area contributed by atoms with Crippen LogP contribution in [0.1, 0.15) is 24.8 Å². The summed E-state index contributed by atoms with van der Waals surface area (Å²) in [4.78, 5) is 0. The fourth-order valence-electron chi connectivity index (χ4n) is 1.42. The van der Waals surface area contributed by atoms with Gasteiger partial charge in [0.05, 0.1) is 0 Å². The first-order valence-electron chi connectivity index (χ1n) is 4.99. The molecule has 3 nitrogen and oxygen atoms in total. The van der Waals surface area contributed by atoms with E-state index in [0.29, 0.717) is 5.69 Å². The number of nitrogens with two attached hydrogens (primary N) is 1. The SMILES string of the molecule is CNC(c1ccccc1N)S(=O)C(C)C. The third-order valence-electron chi connectivity index (χ3n) is 2.24. The lowest BCUT2D eigenvalue weighted by Crippen LogP contribution is -2.26. The van der Waals surface area contributed by atoms with Gasteiger partial charge >= 0.3 is 0 Å². The molecule has 0 aliphatic rings. The summed E-state index contributed by atoms with van der Waals surface area (Å²) < 4.78 is 12.0. The smallest absolute Gasteiger partial charge is 0.111 e. The van der Waals surface area contributed by atoms with Crippen molar-refractivity contribution in [3.63, 3.8) is 0 Å². The fraction of sp³-hybridized carbons (Fsp3) is 0.455. The lowest BCUT2D eigenvalue weighted by Gasteiger charge is -2.19. The van der Waals surface area contributed by atoms with Gasteiger partial charge in [0.2, 0.25) is 0 Å². The molecule has 0 aromatic heterocycles. The Hall–Kier alpha value is -0.870. The van der Waals surface area contributed by atoms with Crippen LogP contribution < -0.4 is 11.1 Å². The molecule has 4 heteroatoms. The van der Waals surface area contributed by atoms with Gasteiger partial charge in [-0.2, -0.15) is 0 Å². The van der Waals surface area contributed by atoms with Crippen LogP contribution in [-0.2, 0) is 10.8 Å². The third-order valence-corrected chi connectivity index (χ3v) is 4.12. The van der Waals surface area contributed by atoms with Crippen LogP contribution >= 0.6 is 0 Å². The van der Waals surface area contributed by atoms with Gasteiger partial charge < -0.3 is 11.1 Å². The highest BCUT2D eigenvalue weighted by Gasteiger charge is 2.21. The molecule has 0 amide bonds. The van der Waals surface area contributed by atoms with Crippen LogP contribution in [0.15, 0.2) is 24.3 Å². The second kappa shape index (κ2) is 5.28. The largest absolute Gasteiger partial charge is 0.398 e. The van der Waals surface area contributed by atoms with Crippen molar-refractivity contribution >= 4 is 16.5 Å². The zero-order valence-corrected chi connectivity index (χ0v) is 10.2. The Morgan fingerprint density at radius 1 is 1.33 bits per heavy atom. The second-order valence-corrected chi connectivity index (χ2v) is 5.75. The van der Waals surface area contributed by atoms with E-state index in [2.05, 4.69) is 5.32 Å². The minimum atomic E-state index is -0.962. The zero-order valence-electron chi connectivity index (χ0n) is 9.36. The van der Waals surface area contributed by atoms with E-state index >= 15 is 0 Å². The summed E-state index contributed by atoms with van der Waals surface area (Å²) in [5.41, 5.74) is 7.46. The minimum Gasteiger partial charge on any atom is -0.398 e. The summed E-state index contributed by atoms with van der Waals surface area (Å²) in [5, 5.41) is 2.98. The average Bonchev–Trinajstić information content (AvgIpc) is 2.21. The highest BCUT2D eigenvalue weighted by Crippen LogP contribution is 2.24. The van der Waals surface area contributed by atoms with E-state index in [1.807, 2.05) is 38.1 Å². The molecule has 0 aliphatic carbocycles. The molecule has 0 saturated heterocycles. The van der Waals surface area contributed by atoms with Crippen LogP contribution in [0.3, 0.4) is 0 Å². The van der Waals surface area contributed by atoms with Gasteiger partial charge in [0, 0.05) is 27.3 Å². The Morgan fingerprint density at radius 3 is 2.40 bits per heavy atom. The van der Waals surface area contributed by atoms with E-state index in [-0.39, 0.29) is 10.6 Å². The predicted molar refractivity (Wildman–Crippen MR) is 65.9 cm³/mol. The van der Waals surface area contributed by atoms with Crippen LogP contribution in [0.4, 0.5) is 5.69 Å². The molecule has 84 valence electrons.